The average molecular weight is 301 g/mol. The molecular formula is C15H15N3S2. The number of aromatic amines is 1. The van der Waals surface area contributed by atoms with Crippen molar-refractivity contribution >= 4 is 28.5 Å². The fraction of sp³-hybridized carbons (Fsp3) is 0.267. The van der Waals surface area contributed by atoms with Crippen molar-refractivity contribution in [3.8, 4) is 21.0 Å². The fourth-order valence-electron chi connectivity index (χ4n) is 2.82. The summed E-state index contributed by atoms with van der Waals surface area (Å²) >= 11 is 3.59. The summed E-state index contributed by atoms with van der Waals surface area (Å²) in [6.07, 6.45) is 5.06. The maximum Gasteiger partial charge on any atom is 0.154 e. The quantitative estimate of drug-likeness (QED) is 0.740. The Bertz CT molecular complexity index is 714. The standard InChI is InChI=1S/C15H15N3S2/c16-15-13(11-6-3-7-19-11)14(17-18-15)12-8-9-4-1-2-5-10(9)20-12/h3,6-8H,1-2,4-5H2,(H3,16,17,18). The number of fused-ring (bicyclic) bond motifs is 1. The van der Waals surface area contributed by atoms with Crippen LogP contribution in [0.3, 0.4) is 0 Å². The number of nitrogens with one attached hydrogen (secondary N) is 1. The largest absolute Gasteiger partial charge is 0.382 e. The summed E-state index contributed by atoms with van der Waals surface area (Å²) in [6.45, 7) is 0. The molecule has 3 aromatic heterocycles. The molecule has 0 amide bonds. The zero-order chi connectivity index (χ0) is 13.5. The fourth-order valence-corrected chi connectivity index (χ4v) is 4.86. The number of aromatic nitrogens is 2. The molecular weight excluding hydrogens is 286 g/mol. The van der Waals surface area contributed by atoms with Gasteiger partial charge in [-0.3, -0.25) is 5.10 Å². The molecule has 4 rings (SSSR count). The predicted octanol–water partition coefficient (Wildman–Crippen LogP) is 4.33. The summed E-state index contributed by atoms with van der Waals surface area (Å²) in [5, 5.41) is 9.43. The van der Waals surface area contributed by atoms with Crippen molar-refractivity contribution in [2.45, 2.75) is 25.7 Å². The lowest BCUT2D eigenvalue weighted by molar-refractivity contribution is 0.697. The van der Waals surface area contributed by atoms with Crippen molar-refractivity contribution < 1.29 is 0 Å². The van der Waals surface area contributed by atoms with E-state index < -0.39 is 0 Å². The van der Waals surface area contributed by atoms with Crippen LogP contribution in [0.25, 0.3) is 21.0 Å². The van der Waals surface area contributed by atoms with E-state index in [1.54, 1.807) is 11.3 Å². The van der Waals surface area contributed by atoms with E-state index >= 15 is 0 Å². The van der Waals surface area contributed by atoms with Crippen LogP contribution in [0.2, 0.25) is 0 Å². The Kier molecular flexibility index (Phi) is 2.89. The van der Waals surface area contributed by atoms with Crippen LogP contribution in [0.1, 0.15) is 23.3 Å². The van der Waals surface area contributed by atoms with Gasteiger partial charge in [0.05, 0.1) is 16.1 Å². The van der Waals surface area contributed by atoms with Crippen LogP contribution in [0.15, 0.2) is 23.6 Å². The first-order chi connectivity index (χ1) is 9.83. The summed E-state index contributed by atoms with van der Waals surface area (Å²) in [7, 11) is 0. The highest BCUT2D eigenvalue weighted by Gasteiger charge is 2.20. The third-order valence-corrected chi connectivity index (χ3v) is 5.95. The van der Waals surface area contributed by atoms with Gasteiger partial charge in [0.1, 0.15) is 0 Å². The monoisotopic (exact) mass is 301 g/mol. The van der Waals surface area contributed by atoms with E-state index in [-0.39, 0.29) is 0 Å². The molecule has 3 aromatic rings. The minimum Gasteiger partial charge on any atom is -0.382 e. The van der Waals surface area contributed by atoms with E-state index in [0.717, 1.165) is 11.3 Å². The Morgan fingerprint density at radius 3 is 2.90 bits per heavy atom. The van der Waals surface area contributed by atoms with Gasteiger partial charge in [-0.05, 0) is 48.8 Å². The molecule has 0 fully saturated rings. The molecule has 0 bridgehead atoms. The van der Waals surface area contributed by atoms with Gasteiger partial charge in [0.15, 0.2) is 5.82 Å². The molecule has 0 unspecified atom stereocenters. The second kappa shape index (κ2) is 4.75. The number of nitrogen functional groups attached to an aromatic ring is 1. The molecule has 0 atom stereocenters. The second-order valence-corrected chi connectivity index (χ2v) is 7.19. The minimum absolute atomic E-state index is 0.592. The van der Waals surface area contributed by atoms with Crippen molar-refractivity contribution in [1.29, 1.82) is 0 Å². The van der Waals surface area contributed by atoms with Crippen molar-refractivity contribution in [1.82, 2.24) is 10.2 Å². The molecule has 1 aliphatic carbocycles. The van der Waals surface area contributed by atoms with Crippen LogP contribution >= 0.6 is 22.7 Å². The number of hydrogen-bond acceptors (Lipinski definition) is 4. The first-order valence-corrected chi connectivity index (χ1v) is 8.52. The molecule has 1 aliphatic rings. The Balaban J connectivity index is 1.85. The highest BCUT2D eigenvalue weighted by molar-refractivity contribution is 7.16. The number of hydrogen-bond donors (Lipinski definition) is 2. The Hall–Kier alpha value is -1.59. The third-order valence-electron chi connectivity index (χ3n) is 3.80. The summed E-state index contributed by atoms with van der Waals surface area (Å²) in [4.78, 5) is 3.98. The van der Waals surface area contributed by atoms with E-state index in [0.29, 0.717) is 5.82 Å². The maximum absolute atomic E-state index is 6.06. The number of H-pyrrole nitrogens is 1. The van der Waals surface area contributed by atoms with Gasteiger partial charge in [0, 0.05) is 9.75 Å². The normalized spacial score (nSPS) is 14.4. The first-order valence-electron chi connectivity index (χ1n) is 6.82. The molecule has 20 heavy (non-hydrogen) atoms. The number of nitrogens with zero attached hydrogens (tertiary/aromatic N) is 1. The number of nitrogens with two attached hydrogens (primary N) is 1. The van der Waals surface area contributed by atoms with E-state index in [4.69, 9.17) is 5.73 Å². The first kappa shape index (κ1) is 12.2. The van der Waals surface area contributed by atoms with Crippen molar-refractivity contribution in [2.75, 3.05) is 5.73 Å². The lowest BCUT2D eigenvalue weighted by Gasteiger charge is -2.08. The number of rotatable bonds is 2. The van der Waals surface area contributed by atoms with Gasteiger partial charge < -0.3 is 5.73 Å². The molecule has 3 heterocycles. The molecule has 0 aliphatic heterocycles. The van der Waals surface area contributed by atoms with Crippen LogP contribution in [0.4, 0.5) is 5.82 Å². The smallest absolute Gasteiger partial charge is 0.154 e. The van der Waals surface area contributed by atoms with Gasteiger partial charge in [-0.2, -0.15) is 5.10 Å². The van der Waals surface area contributed by atoms with Gasteiger partial charge in [0.2, 0.25) is 0 Å². The van der Waals surface area contributed by atoms with Gasteiger partial charge in [-0.1, -0.05) is 6.07 Å². The van der Waals surface area contributed by atoms with E-state index in [2.05, 4.69) is 33.8 Å². The Morgan fingerprint density at radius 1 is 1.20 bits per heavy atom. The topological polar surface area (TPSA) is 54.7 Å². The molecule has 0 radical (unpaired) electrons. The van der Waals surface area contributed by atoms with Crippen LogP contribution < -0.4 is 5.73 Å². The van der Waals surface area contributed by atoms with E-state index in [1.807, 2.05) is 11.3 Å². The van der Waals surface area contributed by atoms with Crippen LogP contribution in [0, 0.1) is 0 Å². The summed E-state index contributed by atoms with van der Waals surface area (Å²) in [5.41, 5.74) is 9.70. The molecule has 0 saturated heterocycles. The van der Waals surface area contributed by atoms with Crippen molar-refractivity contribution in [2.24, 2.45) is 0 Å². The molecule has 102 valence electrons. The average Bonchev–Trinajstić information content (AvgIpc) is 3.16. The zero-order valence-electron chi connectivity index (χ0n) is 11.0. The lowest BCUT2D eigenvalue weighted by atomic mass is 9.99. The summed E-state index contributed by atoms with van der Waals surface area (Å²) in [6, 6.07) is 6.47. The van der Waals surface area contributed by atoms with Gasteiger partial charge >= 0.3 is 0 Å². The lowest BCUT2D eigenvalue weighted by Crippen LogP contribution is -1.96. The third kappa shape index (κ3) is 1.89. The van der Waals surface area contributed by atoms with Gasteiger partial charge in [-0.25, -0.2) is 0 Å². The molecule has 0 saturated carbocycles. The number of aryl methyl sites for hydroxylation is 2. The van der Waals surface area contributed by atoms with Crippen LogP contribution in [-0.2, 0) is 12.8 Å². The Labute approximate surface area is 125 Å². The highest BCUT2D eigenvalue weighted by Crippen LogP contribution is 2.42. The Morgan fingerprint density at radius 2 is 2.10 bits per heavy atom. The molecule has 3 N–H and O–H groups in total. The minimum atomic E-state index is 0.592. The van der Waals surface area contributed by atoms with Crippen LogP contribution in [0.5, 0.6) is 0 Å². The number of anilines is 1. The molecule has 5 heteroatoms. The zero-order valence-corrected chi connectivity index (χ0v) is 12.6. The summed E-state index contributed by atoms with van der Waals surface area (Å²) < 4.78 is 0. The number of thiophene rings is 2. The molecule has 0 aromatic carbocycles. The van der Waals surface area contributed by atoms with Crippen molar-refractivity contribution in [3.63, 3.8) is 0 Å². The van der Waals surface area contributed by atoms with Crippen LogP contribution in [-0.4, -0.2) is 10.2 Å². The van der Waals surface area contributed by atoms with E-state index in [9.17, 15) is 0 Å². The molecule has 3 nitrogen and oxygen atoms in total. The highest BCUT2D eigenvalue weighted by atomic mass is 32.1. The van der Waals surface area contributed by atoms with Gasteiger partial charge in [0.25, 0.3) is 0 Å². The second-order valence-electron chi connectivity index (χ2n) is 5.10. The predicted molar refractivity (Wildman–Crippen MR) is 86.3 cm³/mol. The van der Waals surface area contributed by atoms with E-state index in [1.165, 1.54) is 45.9 Å². The van der Waals surface area contributed by atoms with Crippen molar-refractivity contribution in [3.05, 3.63) is 34.0 Å². The maximum atomic E-state index is 6.06. The molecule has 0 spiro atoms. The SMILES string of the molecule is Nc1n[nH]c(-c2cc3c(s2)CCCC3)c1-c1cccs1. The van der Waals surface area contributed by atoms with Gasteiger partial charge in [-0.15, -0.1) is 22.7 Å². The summed E-state index contributed by atoms with van der Waals surface area (Å²) in [5.74, 6) is 0.592.